The largest absolute Gasteiger partial charge is 0.453 e. The zero-order valence-corrected chi connectivity index (χ0v) is 39.9. The fraction of sp³-hybridized carbons (Fsp3) is 0.479. The molecule has 7 rings (SSSR count). The summed E-state index contributed by atoms with van der Waals surface area (Å²) < 4.78 is 9.54. The first kappa shape index (κ1) is 46.8. The number of carbonyl (C=O) groups excluding carboxylic acids is 5. The molecule has 0 spiro atoms. The van der Waals surface area contributed by atoms with Crippen molar-refractivity contribution in [2.45, 2.75) is 109 Å². The molecule has 2 aliphatic rings. The Morgan fingerprint density at radius 3 is 1.92 bits per heavy atom. The van der Waals surface area contributed by atoms with Crippen LogP contribution in [0.5, 0.6) is 0 Å². The van der Waals surface area contributed by atoms with Crippen LogP contribution in [-0.4, -0.2) is 113 Å². The first-order valence-electron chi connectivity index (χ1n) is 22.6. The average molecular weight is 906 g/mol. The van der Waals surface area contributed by atoms with Crippen molar-refractivity contribution >= 4 is 59.8 Å². The number of rotatable bonds is 14. The van der Waals surface area contributed by atoms with Crippen LogP contribution in [0.15, 0.2) is 60.8 Å². The third kappa shape index (κ3) is 10.3. The number of H-pyrrole nitrogens is 2. The molecule has 16 nitrogen and oxygen atoms in total. The van der Waals surface area contributed by atoms with Gasteiger partial charge in [-0.05, 0) is 77.8 Å². The number of hydrogen-bond acceptors (Lipinski definition) is 9. The molecule has 65 heavy (non-hydrogen) atoms. The quantitative estimate of drug-likeness (QED) is 0.0693. The topological polar surface area (TPSA) is 204 Å². The molecule has 3 aromatic carbocycles. The van der Waals surface area contributed by atoms with Gasteiger partial charge in [0.1, 0.15) is 29.8 Å². The lowest BCUT2D eigenvalue weighted by molar-refractivity contribution is -0.137. The van der Waals surface area contributed by atoms with Gasteiger partial charge in [-0.15, -0.1) is 0 Å². The Labute approximate surface area is 381 Å². The van der Waals surface area contributed by atoms with Gasteiger partial charge in [0.25, 0.3) is 0 Å². The van der Waals surface area contributed by atoms with Crippen LogP contribution in [-0.2, 0) is 23.9 Å². The lowest BCUT2D eigenvalue weighted by Crippen LogP contribution is -2.57. The number of amides is 5. The molecule has 2 fully saturated rings. The monoisotopic (exact) mass is 905 g/mol. The number of hydrogen-bond donors (Lipinski definition) is 5. The fourth-order valence-electron chi connectivity index (χ4n) is 9.16. The summed E-state index contributed by atoms with van der Waals surface area (Å²) in [4.78, 5) is 86.1. The van der Waals surface area contributed by atoms with E-state index in [0.717, 1.165) is 69.9 Å². The van der Waals surface area contributed by atoms with E-state index in [1.54, 1.807) is 11.1 Å². The molecule has 2 aromatic heterocycles. The number of likely N-dealkylation sites (tertiary alicyclic amines) is 2. The van der Waals surface area contributed by atoms with Crippen LogP contribution in [0, 0.1) is 11.8 Å². The van der Waals surface area contributed by atoms with Gasteiger partial charge in [-0.25, -0.2) is 19.6 Å². The number of aromatic nitrogens is 4. The van der Waals surface area contributed by atoms with Crippen molar-refractivity contribution in [3.05, 3.63) is 72.4 Å². The Kier molecular flexibility index (Phi) is 14.0. The number of ether oxygens (including phenoxy) is 2. The summed E-state index contributed by atoms with van der Waals surface area (Å²) >= 11 is 0. The van der Waals surface area contributed by atoms with Crippen LogP contribution in [0.4, 0.5) is 9.59 Å². The van der Waals surface area contributed by atoms with Crippen molar-refractivity contribution in [1.29, 1.82) is 0 Å². The van der Waals surface area contributed by atoms with Crippen molar-refractivity contribution in [3.8, 4) is 22.4 Å². The van der Waals surface area contributed by atoms with Gasteiger partial charge in [0, 0.05) is 26.5 Å². The highest BCUT2D eigenvalue weighted by molar-refractivity contribution is 6.76. The van der Waals surface area contributed by atoms with Crippen LogP contribution in [0.1, 0.15) is 77.1 Å². The molecule has 346 valence electrons. The number of methoxy groups -OCH3 is 2. The number of nitrogens with one attached hydrogen (secondary N) is 5. The van der Waals surface area contributed by atoms with E-state index in [0.29, 0.717) is 30.8 Å². The summed E-state index contributed by atoms with van der Waals surface area (Å²) in [6, 6.07) is 16.5. The van der Waals surface area contributed by atoms with Gasteiger partial charge < -0.3 is 45.2 Å². The zero-order valence-electron chi connectivity index (χ0n) is 38.9. The number of aromatic amines is 2. The highest BCUT2D eigenvalue weighted by Crippen LogP contribution is 2.37. The Hall–Kier alpha value is -6.23. The summed E-state index contributed by atoms with van der Waals surface area (Å²) in [6.07, 6.45) is 3.63. The van der Waals surface area contributed by atoms with Gasteiger partial charge in [-0.1, -0.05) is 89.8 Å². The van der Waals surface area contributed by atoms with Crippen molar-refractivity contribution in [3.63, 3.8) is 0 Å². The van der Waals surface area contributed by atoms with Crippen LogP contribution in [0.2, 0.25) is 25.7 Å². The number of alkyl carbamates (subject to hydrolysis) is 2. The number of nitrogens with zero attached hydrogens (tertiary/aromatic N) is 4. The van der Waals surface area contributed by atoms with Crippen molar-refractivity contribution < 1.29 is 33.4 Å². The zero-order chi connectivity index (χ0) is 46.7. The second-order valence-electron chi connectivity index (χ2n) is 19.2. The predicted octanol–water partition coefficient (Wildman–Crippen LogP) is 7.68. The highest BCUT2D eigenvalue weighted by Gasteiger charge is 2.40. The molecule has 5 amide bonds. The maximum atomic E-state index is 14.4. The molecule has 0 aliphatic carbocycles. The maximum absolute atomic E-state index is 14.4. The van der Waals surface area contributed by atoms with Crippen molar-refractivity contribution in [2.24, 2.45) is 11.8 Å². The molecular formula is C48H63N9O7Si. The molecular weight excluding hydrogens is 843 g/mol. The molecule has 4 heterocycles. The summed E-state index contributed by atoms with van der Waals surface area (Å²) in [7, 11) is 0.691. The molecule has 0 saturated carbocycles. The van der Waals surface area contributed by atoms with Crippen LogP contribution >= 0.6 is 0 Å². The van der Waals surface area contributed by atoms with E-state index >= 15 is 0 Å². The van der Waals surface area contributed by atoms with E-state index in [1.807, 2.05) is 38.7 Å². The van der Waals surface area contributed by atoms with E-state index in [1.165, 1.54) is 14.2 Å². The predicted molar refractivity (Wildman–Crippen MR) is 252 cm³/mol. The number of benzene rings is 3. The van der Waals surface area contributed by atoms with Gasteiger partial charge in [-0.2, -0.15) is 0 Å². The Balaban J connectivity index is 1.07. The minimum atomic E-state index is -1.85. The SMILES string of the molecule is COC(=O)N[C@H](C(=O)N1CCC[C@H]1c1ncc(-c2ccc(-c3ccc4c(ccc5nc([C@@H]6CCCN6C(=O)C(C[Si](C)(C)C)NC(=O)[C@H](NC(=O)OC)C(C)C)[nH]c54)c3)cc2)[nH]1)C(C)C. The molecule has 0 radical (unpaired) electrons. The first-order valence-corrected chi connectivity index (χ1v) is 26.4. The van der Waals surface area contributed by atoms with Gasteiger partial charge in [0.2, 0.25) is 17.7 Å². The number of imidazole rings is 2. The third-order valence-corrected chi connectivity index (χ3v) is 14.2. The summed E-state index contributed by atoms with van der Waals surface area (Å²) in [6.45, 7) is 15.1. The Morgan fingerprint density at radius 1 is 0.723 bits per heavy atom. The second-order valence-corrected chi connectivity index (χ2v) is 24.7. The summed E-state index contributed by atoms with van der Waals surface area (Å²) in [5.41, 5.74) is 5.63. The molecule has 5 N–H and O–H groups in total. The third-order valence-electron chi connectivity index (χ3n) is 12.5. The lowest BCUT2D eigenvalue weighted by Gasteiger charge is -2.32. The van der Waals surface area contributed by atoms with Crippen molar-refractivity contribution in [2.75, 3.05) is 27.3 Å². The average Bonchev–Trinajstić information content (AvgIpc) is 4.12. The minimum absolute atomic E-state index is 0.116. The van der Waals surface area contributed by atoms with Crippen LogP contribution in [0.3, 0.4) is 0 Å². The minimum Gasteiger partial charge on any atom is -0.453 e. The van der Waals surface area contributed by atoms with Gasteiger partial charge in [0.05, 0.1) is 49.2 Å². The summed E-state index contributed by atoms with van der Waals surface area (Å²) in [5.74, 6) is 0.391. The molecule has 0 bridgehead atoms. The first-order chi connectivity index (χ1) is 31.0. The fourth-order valence-corrected chi connectivity index (χ4v) is 10.7. The number of carbonyl (C=O) groups is 5. The summed E-state index contributed by atoms with van der Waals surface area (Å²) in [5, 5.41) is 10.4. The highest BCUT2D eigenvalue weighted by atomic mass is 28.3. The molecule has 1 unspecified atom stereocenters. The van der Waals surface area contributed by atoms with Crippen LogP contribution < -0.4 is 16.0 Å². The van der Waals surface area contributed by atoms with Gasteiger partial charge >= 0.3 is 12.2 Å². The normalized spacial score (nSPS) is 18.0. The van der Waals surface area contributed by atoms with E-state index in [9.17, 15) is 24.0 Å². The second kappa shape index (κ2) is 19.5. The van der Waals surface area contributed by atoms with Gasteiger partial charge in [-0.3, -0.25) is 14.4 Å². The Morgan fingerprint density at radius 2 is 1.31 bits per heavy atom. The van der Waals surface area contributed by atoms with E-state index in [2.05, 4.69) is 94.1 Å². The lowest BCUT2D eigenvalue weighted by atomic mass is 9.99. The van der Waals surface area contributed by atoms with E-state index < -0.39 is 44.3 Å². The van der Waals surface area contributed by atoms with Crippen LogP contribution in [0.25, 0.3) is 44.2 Å². The molecule has 2 saturated heterocycles. The molecule has 2 aliphatic heterocycles. The Bertz CT molecular complexity index is 2550. The van der Waals surface area contributed by atoms with E-state index in [-0.39, 0.29) is 35.7 Å². The smallest absolute Gasteiger partial charge is 0.407 e. The number of fused-ring (bicyclic) bond motifs is 3. The van der Waals surface area contributed by atoms with Gasteiger partial charge in [0.15, 0.2) is 0 Å². The standard InChI is InChI=1S/C48H63N9O7Si/c1-27(2)39(54-47(61)63-5)44(58)52-36(26-65(7,8)9)45(59)56-22-11-13-38(56)43-50-34-21-19-32-24-31(18-20-33(32)41(34)53-43)29-14-16-30(17-15-29)35-25-49-42(51-35)37-12-10-23-57(37)46(60)40(28(3)4)55-48(62)64-6/h14-21,24-25,27-28,36-40H,10-13,22-23,26H2,1-9H3,(H,49,51)(H,50,53)(H,52,58)(H,54,61)(H,55,62)/t36?,37-,38-,39+,40-/m0/s1. The molecule has 5 atom stereocenters. The molecule has 5 aromatic rings. The maximum Gasteiger partial charge on any atom is 0.407 e. The van der Waals surface area contributed by atoms with E-state index in [4.69, 9.17) is 19.4 Å². The molecule has 17 heteroatoms. The van der Waals surface area contributed by atoms with Crippen molar-refractivity contribution in [1.82, 2.24) is 45.7 Å².